The molecule has 0 saturated carbocycles. The van der Waals surface area contributed by atoms with Crippen LogP contribution in [-0.4, -0.2) is 14.8 Å². The third-order valence-electron chi connectivity index (χ3n) is 2.61. The summed E-state index contributed by atoms with van der Waals surface area (Å²) < 4.78 is 2.15. The van der Waals surface area contributed by atoms with E-state index in [-0.39, 0.29) is 12.4 Å². The molecule has 2 aromatic rings. The molecule has 92 valence electrons. The number of aryl methyl sites for hydroxylation is 2. The van der Waals surface area contributed by atoms with E-state index in [4.69, 9.17) is 11.6 Å². The number of halogens is 2. The molecule has 0 aliphatic rings. The highest BCUT2D eigenvalue weighted by molar-refractivity contribution is 6.67. The molecule has 0 bridgehead atoms. The minimum Gasteiger partial charge on any atom is -0.328 e. The van der Waals surface area contributed by atoms with Crippen LogP contribution >= 0.6 is 24.0 Å². The summed E-state index contributed by atoms with van der Waals surface area (Å²) in [6, 6.07) is 5.38. The molecule has 0 atom stereocenters. The van der Waals surface area contributed by atoms with E-state index in [0.717, 1.165) is 29.8 Å². The zero-order valence-corrected chi connectivity index (χ0v) is 11.3. The molecule has 17 heavy (non-hydrogen) atoms. The van der Waals surface area contributed by atoms with Gasteiger partial charge < -0.3 is 4.57 Å². The maximum absolute atomic E-state index is 11.0. The molecule has 1 aromatic heterocycles. The summed E-state index contributed by atoms with van der Waals surface area (Å²) in [7, 11) is 0. The summed E-state index contributed by atoms with van der Waals surface area (Å²) in [5, 5.41) is -0.440. The number of carbonyl (C=O) groups is 1. The number of imidazole rings is 1. The lowest BCUT2D eigenvalue weighted by molar-refractivity contribution is 0.108. The number of carbonyl (C=O) groups excluding carboxylic acids is 1. The van der Waals surface area contributed by atoms with Crippen molar-refractivity contribution in [1.82, 2.24) is 9.55 Å². The lowest BCUT2D eigenvalue weighted by Gasteiger charge is -2.03. The van der Waals surface area contributed by atoms with Gasteiger partial charge in [0.05, 0.1) is 11.0 Å². The number of aromatic nitrogens is 2. The van der Waals surface area contributed by atoms with E-state index in [0.29, 0.717) is 5.56 Å². The van der Waals surface area contributed by atoms with Gasteiger partial charge in [0.1, 0.15) is 5.82 Å². The number of hydrogen-bond acceptors (Lipinski definition) is 2. The van der Waals surface area contributed by atoms with Crippen molar-refractivity contribution in [1.29, 1.82) is 0 Å². The summed E-state index contributed by atoms with van der Waals surface area (Å²) in [5.74, 6) is 0.969. The van der Waals surface area contributed by atoms with Gasteiger partial charge in [0.15, 0.2) is 0 Å². The van der Waals surface area contributed by atoms with Crippen molar-refractivity contribution in [3.63, 3.8) is 0 Å². The van der Waals surface area contributed by atoms with E-state index in [1.54, 1.807) is 12.1 Å². The van der Waals surface area contributed by atoms with Gasteiger partial charge in [-0.25, -0.2) is 4.98 Å². The number of benzene rings is 1. The average molecular weight is 273 g/mol. The van der Waals surface area contributed by atoms with Crippen LogP contribution in [0.5, 0.6) is 0 Å². The Hall–Kier alpha value is -1.06. The minimum atomic E-state index is -0.440. The van der Waals surface area contributed by atoms with Crippen molar-refractivity contribution < 1.29 is 4.79 Å². The highest BCUT2D eigenvalue weighted by Gasteiger charge is 2.09. The van der Waals surface area contributed by atoms with Crippen LogP contribution in [0.2, 0.25) is 0 Å². The lowest BCUT2D eigenvalue weighted by atomic mass is 10.2. The SMILES string of the molecule is CCCn1c(C)nc2cc(C(=O)Cl)ccc21.Cl. The van der Waals surface area contributed by atoms with Crippen molar-refractivity contribution >= 4 is 40.3 Å². The Bertz CT molecular complexity index is 549. The molecule has 0 aliphatic carbocycles. The molecule has 3 nitrogen and oxygen atoms in total. The average Bonchev–Trinajstić information content (AvgIpc) is 2.55. The van der Waals surface area contributed by atoms with Gasteiger partial charge in [0.2, 0.25) is 0 Å². The van der Waals surface area contributed by atoms with E-state index >= 15 is 0 Å². The van der Waals surface area contributed by atoms with Crippen LogP contribution in [0, 0.1) is 6.92 Å². The van der Waals surface area contributed by atoms with Crippen LogP contribution in [0.1, 0.15) is 29.5 Å². The smallest absolute Gasteiger partial charge is 0.252 e. The van der Waals surface area contributed by atoms with Gasteiger partial charge in [-0.1, -0.05) is 6.92 Å². The molecule has 0 aliphatic heterocycles. The van der Waals surface area contributed by atoms with Crippen LogP contribution in [-0.2, 0) is 6.54 Å². The van der Waals surface area contributed by atoms with E-state index in [1.165, 1.54) is 0 Å². The Morgan fingerprint density at radius 1 is 1.47 bits per heavy atom. The van der Waals surface area contributed by atoms with Crippen molar-refractivity contribution in [3.05, 3.63) is 29.6 Å². The second-order valence-electron chi connectivity index (χ2n) is 3.79. The Labute approximate surface area is 111 Å². The van der Waals surface area contributed by atoms with Crippen LogP contribution in [0.15, 0.2) is 18.2 Å². The molecular weight excluding hydrogens is 259 g/mol. The van der Waals surface area contributed by atoms with Gasteiger partial charge >= 0.3 is 0 Å². The maximum atomic E-state index is 11.0. The van der Waals surface area contributed by atoms with Crippen LogP contribution < -0.4 is 0 Å². The monoisotopic (exact) mass is 272 g/mol. The minimum absolute atomic E-state index is 0. The molecule has 0 amide bonds. The lowest BCUT2D eigenvalue weighted by Crippen LogP contribution is -1.98. The van der Waals surface area contributed by atoms with E-state index in [1.807, 2.05) is 13.0 Å². The van der Waals surface area contributed by atoms with E-state index in [2.05, 4.69) is 16.5 Å². The molecule has 0 radical (unpaired) electrons. The number of hydrogen-bond donors (Lipinski definition) is 0. The van der Waals surface area contributed by atoms with Crippen molar-refractivity contribution in [2.45, 2.75) is 26.8 Å². The Balaban J connectivity index is 0.00000144. The first-order chi connectivity index (χ1) is 7.63. The van der Waals surface area contributed by atoms with E-state index in [9.17, 15) is 4.79 Å². The Kier molecular flexibility index (Phi) is 4.54. The van der Waals surface area contributed by atoms with Gasteiger partial charge in [-0.2, -0.15) is 0 Å². The second kappa shape index (κ2) is 5.52. The van der Waals surface area contributed by atoms with Gasteiger partial charge in [0.25, 0.3) is 5.24 Å². The predicted molar refractivity (Wildman–Crippen MR) is 72.2 cm³/mol. The standard InChI is InChI=1S/C12H13ClN2O.ClH/c1-3-6-15-8(2)14-10-7-9(12(13)16)4-5-11(10)15;/h4-5,7H,3,6H2,1-2H3;1H. The van der Waals surface area contributed by atoms with Crippen LogP contribution in [0.3, 0.4) is 0 Å². The third-order valence-corrected chi connectivity index (χ3v) is 2.83. The molecule has 5 heteroatoms. The molecule has 0 N–H and O–H groups in total. The first-order valence-electron chi connectivity index (χ1n) is 5.30. The third kappa shape index (κ3) is 2.61. The van der Waals surface area contributed by atoms with Crippen LogP contribution in [0.25, 0.3) is 11.0 Å². The van der Waals surface area contributed by atoms with E-state index < -0.39 is 5.24 Å². The second-order valence-corrected chi connectivity index (χ2v) is 4.13. The zero-order valence-electron chi connectivity index (χ0n) is 9.74. The normalized spacial score (nSPS) is 10.3. The summed E-state index contributed by atoms with van der Waals surface area (Å²) in [6.45, 7) is 5.04. The van der Waals surface area contributed by atoms with Crippen LogP contribution in [0.4, 0.5) is 0 Å². The summed E-state index contributed by atoms with van der Waals surface area (Å²) in [4.78, 5) is 15.5. The maximum Gasteiger partial charge on any atom is 0.252 e. The first-order valence-corrected chi connectivity index (χ1v) is 5.68. The fourth-order valence-corrected chi connectivity index (χ4v) is 2.00. The van der Waals surface area contributed by atoms with Crippen molar-refractivity contribution in [3.8, 4) is 0 Å². The Morgan fingerprint density at radius 2 is 2.18 bits per heavy atom. The highest BCUT2D eigenvalue weighted by Crippen LogP contribution is 2.19. The highest BCUT2D eigenvalue weighted by atomic mass is 35.5. The van der Waals surface area contributed by atoms with Gasteiger partial charge in [0, 0.05) is 12.1 Å². The number of rotatable bonds is 3. The van der Waals surface area contributed by atoms with Gasteiger partial charge in [-0.15, -0.1) is 12.4 Å². The van der Waals surface area contributed by atoms with Crippen molar-refractivity contribution in [2.75, 3.05) is 0 Å². The molecule has 0 saturated heterocycles. The predicted octanol–water partition coefficient (Wildman–Crippen LogP) is 3.56. The van der Waals surface area contributed by atoms with Gasteiger partial charge in [-0.3, -0.25) is 4.79 Å². The topological polar surface area (TPSA) is 34.9 Å². The largest absolute Gasteiger partial charge is 0.328 e. The molecular formula is C12H14Cl2N2O. The molecule has 0 fully saturated rings. The zero-order chi connectivity index (χ0) is 11.7. The summed E-state index contributed by atoms with van der Waals surface area (Å²) >= 11 is 5.44. The molecule has 2 rings (SSSR count). The molecule has 0 spiro atoms. The van der Waals surface area contributed by atoms with Crippen molar-refractivity contribution in [2.24, 2.45) is 0 Å². The summed E-state index contributed by atoms with van der Waals surface area (Å²) in [6.07, 6.45) is 1.06. The number of nitrogens with zero attached hydrogens (tertiary/aromatic N) is 2. The first kappa shape index (κ1) is 14.0. The number of fused-ring (bicyclic) bond motifs is 1. The fraction of sp³-hybridized carbons (Fsp3) is 0.333. The Morgan fingerprint density at radius 3 is 2.76 bits per heavy atom. The quantitative estimate of drug-likeness (QED) is 0.801. The fourth-order valence-electron chi connectivity index (χ4n) is 1.88. The summed E-state index contributed by atoms with van der Waals surface area (Å²) in [5.41, 5.74) is 2.38. The molecule has 1 heterocycles. The molecule has 0 unspecified atom stereocenters. The molecule has 1 aromatic carbocycles. The van der Waals surface area contributed by atoms with Gasteiger partial charge in [-0.05, 0) is 43.1 Å².